The van der Waals surface area contributed by atoms with Crippen LogP contribution in [0.15, 0.2) is 18.2 Å². The monoisotopic (exact) mass is 310 g/mol. The van der Waals surface area contributed by atoms with Gasteiger partial charge in [-0.2, -0.15) is 0 Å². The molecular formula is C17H27ClN2O. The van der Waals surface area contributed by atoms with Crippen LogP contribution in [0.4, 0.5) is 5.69 Å². The maximum Gasteiger partial charge on any atom is 0.0808 e. The molecule has 1 aliphatic rings. The lowest BCUT2D eigenvalue weighted by Gasteiger charge is -2.48. The topological polar surface area (TPSA) is 24.5 Å². The number of nitrogens with one attached hydrogen (secondary N) is 1. The molecule has 1 N–H and O–H groups in total. The molecule has 1 saturated heterocycles. The van der Waals surface area contributed by atoms with E-state index in [0.717, 1.165) is 23.8 Å². The summed E-state index contributed by atoms with van der Waals surface area (Å²) in [5.41, 5.74) is 1.94. The molecule has 2 rings (SSSR count). The van der Waals surface area contributed by atoms with E-state index in [1.807, 2.05) is 7.05 Å². The molecule has 0 radical (unpaired) electrons. The first kappa shape index (κ1) is 16.6. The molecule has 0 bridgehead atoms. The van der Waals surface area contributed by atoms with Gasteiger partial charge in [0.15, 0.2) is 0 Å². The highest BCUT2D eigenvalue weighted by Gasteiger charge is 2.38. The van der Waals surface area contributed by atoms with Crippen molar-refractivity contribution < 1.29 is 4.74 Å². The van der Waals surface area contributed by atoms with Gasteiger partial charge in [0.05, 0.1) is 21.9 Å². The van der Waals surface area contributed by atoms with E-state index in [1.54, 1.807) is 0 Å². The van der Waals surface area contributed by atoms with Crippen LogP contribution in [0.5, 0.6) is 0 Å². The molecule has 118 valence electrons. The lowest BCUT2D eigenvalue weighted by Crippen LogP contribution is -2.57. The van der Waals surface area contributed by atoms with Crippen molar-refractivity contribution in [1.29, 1.82) is 0 Å². The van der Waals surface area contributed by atoms with Gasteiger partial charge < -0.3 is 15.0 Å². The van der Waals surface area contributed by atoms with Crippen LogP contribution in [0.3, 0.4) is 0 Å². The maximum absolute atomic E-state index is 6.54. The Bertz CT molecular complexity index is 498. The zero-order valence-corrected chi connectivity index (χ0v) is 14.7. The molecule has 21 heavy (non-hydrogen) atoms. The Balaban J connectivity index is 2.29. The molecule has 1 aliphatic heterocycles. The number of rotatable bonds is 3. The number of halogens is 1. The highest BCUT2D eigenvalue weighted by Crippen LogP contribution is 2.35. The second-order valence-electron chi connectivity index (χ2n) is 7.20. The fraction of sp³-hybridized carbons (Fsp3) is 0.647. The van der Waals surface area contributed by atoms with Crippen LogP contribution in [-0.2, 0) is 4.74 Å². The third-order valence-corrected chi connectivity index (χ3v) is 4.24. The number of hydrogen-bond donors (Lipinski definition) is 1. The molecule has 4 heteroatoms. The number of nitrogens with zero attached hydrogens (tertiary/aromatic N) is 1. The highest BCUT2D eigenvalue weighted by molar-refractivity contribution is 6.33. The summed E-state index contributed by atoms with van der Waals surface area (Å²) in [6.45, 7) is 12.3. The summed E-state index contributed by atoms with van der Waals surface area (Å²) >= 11 is 6.54. The van der Waals surface area contributed by atoms with E-state index in [4.69, 9.17) is 16.3 Å². The molecule has 3 nitrogen and oxygen atoms in total. The van der Waals surface area contributed by atoms with Gasteiger partial charge in [-0.25, -0.2) is 0 Å². The highest BCUT2D eigenvalue weighted by atomic mass is 35.5. The van der Waals surface area contributed by atoms with Crippen LogP contribution in [0.2, 0.25) is 5.02 Å². The van der Waals surface area contributed by atoms with Crippen molar-refractivity contribution in [2.75, 3.05) is 25.0 Å². The summed E-state index contributed by atoms with van der Waals surface area (Å²) in [6, 6.07) is 6.64. The van der Waals surface area contributed by atoms with Crippen molar-refractivity contribution in [3.63, 3.8) is 0 Å². The molecule has 1 fully saturated rings. The molecule has 0 aliphatic carbocycles. The number of hydrogen-bond acceptors (Lipinski definition) is 3. The Kier molecular flexibility index (Phi) is 4.57. The lowest BCUT2D eigenvalue weighted by molar-refractivity contribution is -0.133. The standard InChI is InChI=1S/C17H27ClN2O/c1-12(19-6)13-7-8-15(14(18)9-13)20-10-16(2,3)21-17(4,5)11-20/h7-9,12,19H,10-11H2,1-6H3. The first-order chi connectivity index (χ1) is 9.63. The molecule has 1 aromatic carbocycles. The molecular weight excluding hydrogens is 284 g/mol. The van der Waals surface area contributed by atoms with Crippen LogP contribution in [0, 0.1) is 0 Å². The maximum atomic E-state index is 6.54. The van der Waals surface area contributed by atoms with E-state index in [1.165, 1.54) is 5.56 Å². The molecule has 1 atom stereocenters. The zero-order valence-electron chi connectivity index (χ0n) is 14.0. The smallest absolute Gasteiger partial charge is 0.0808 e. The molecule has 0 saturated carbocycles. The van der Waals surface area contributed by atoms with E-state index >= 15 is 0 Å². The summed E-state index contributed by atoms with van der Waals surface area (Å²) in [6.07, 6.45) is 0. The predicted molar refractivity (Wildman–Crippen MR) is 90.4 cm³/mol. The van der Waals surface area contributed by atoms with Gasteiger partial charge in [0, 0.05) is 19.1 Å². The van der Waals surface area contributed by atoms with Crippen LogP contribution in [0.25, 0.3) is 0 Å². The number of morpholine rings is 1. The van der Waals surface area contributed by atoms with Crippen molar-refractivity contribution in [2.24, 2.45) is 0 Å². The second-order valence-corrected chi connectivity index (χ2v) is 7.61. The van der Waals surface area contributed by atoms with Gasteiger partial charge in [0.25, 0.3) is 0 Å². The largest absolute Gasteiger partial charge is 0.366 e. The quantitative estimate of drug-likeness (QED) is 0.913. The molecule has 1 unspecified atom stereocenters. The van der Waals surface area contributed by atoms with Crippen molar-refractivity contribution in [2.45, 2.75) is 51.9 Å². The first-order valence-electron chi connectivity index (χ1n) is 7.55. The lowest BCUT2D eigenvalue weighted by atomic mass is 9.98. The number of benzene rings is 1. The van der Waals surface area contributed by atoms with Gasteiger partial charge >= 0.3 is 0 Å². The summed E-state index contributed by atoms with van der Waals surface area (Å²) in [7, 11) is 1.96. The Hall–Kier alpha value is -0.770. The van der Waals surface area contributed by atoms with Gasteiger partial charge in [0.1, 0.15) is 0 Å². The summed E-state index contributed by atoms with van der Waals surface area (Å²) in [5.74, 6) is 0. The van der Waals surface area contributed by atoms with E-state index in [-0.39, 0.29) is 11.2 Å². The fourth-order valence-corrected chi connectivity index (χ4v) is 3.48. The summed E-state index contributed by atoms with van der Waals surface area (Å²) < 4.78 is 6.14. The molecule has 1 heterocycles. The SMILES string of the molecule is CNC(C)c1ccc(N2CC(C)(C)OC(C)(C)C2)c(Cl)c1. The van der Waals surface area contributed by atoms with Crippen molar-refractivity contribution in [1.82, 2.24) is 5.32 Å². The fourth-order valence-electron chi connectivity index (χ4n) is 3.17. The minimum atomic E-state index is -0.179. The zero-order chi connectivity index (χ0) is 15.8. The van der Waals surface area contributed by atoms with E-state index in [2.05, 4.69) is 63.0 Å². The van der Waals surface area contributed by atoms with Crippen molar-refractivity contribution in [3.05, 3.63) is 28.8 Å². The average molecular weight is 311 g/mol. The van der Waals surface area contributed by atoms with Crippen molar-refractivity contribution >= 4 is 17.3 Å². The van der Waals surface area contributed by atoms with Gasteiger partial charge in [0.2, 0.25) is 0 Å². The second kappa shape index (κ2) is 5.79. The molecule has 0 aromatic heterocycles. The van der Waals surface area contributed by atoms with Gasteiger partial charge in [-0.15, -0.1) is 0 Å². The summed E-state index contributed by atoms with van der Waals surface area (Å²) in [4.78, 5) is 2.33. The third-order valence-electron chi connectivity index (χ3n) is 3.94. The molecule has 1 aromatic rings. The minimum Gasteiger partial charge on any atom is -0.366 e. The van der Waals surface area contributed by atoms with Crippen LogP contribution < -0.4 is 10.2 Å². The average Bonchev–Trinajstić information content (AvgIpc) is 2.33. The van der Waals surface area contributed by atoms with Crippen LogP contribution in [-0.4, -0.2) is 31.3 Å². The Labute approximate surface area is 133 Å². The Morgan fingerprint density at radius 2 is 1.76 bits per heavy atom. The first-order valence-corrected chi connectivity index (χ1v) is 7.93. The number of anilines is 1. The Morgan fingerprint density at radius 3 is 2.24 bits per heavy atom. The van der Waals surface area contributed by atoms with Crippen molar-refractivity contribution in [3.8, 4) is 0 Å². The molecule has 0 amide bonds. The third kappa shape index (κ3) is 3.91. The molecule has 0 spiro atoms. The Morgan fingerprint density at radius 1 is 1.19 bits per heavy atom. The van der Waals surface area contributed by atoms with Gasteiger partial charge in [-0.05, 0) is 59.4 Å². The van der Waals surface area contributed by atoms with Gasteiger partial charge in [-0.3, -0.25) is 0 Å². The van der Waals surface area contributed by atoms with E-state index in [0.29, 0.717) is 6.04 Å². The van der Waals surface area contributed by atoms with E-state index in [9.17, 15) is 0 Å². The summed E-state index contributed by atoms with van der Waals surface area (Å²) in [5, 5.41) is 4.05. The predicted octanol–water partition coefficient (Wildman–Crippen LogP) is 4.01. The van der Waals surface area contributed by atoms with E-state index < -0.39 is 0 Å². The normalized spacial score (nSPS) is 22.1. The van der Waals surface area contributed by atoms with Gasteiger partial charge in [-0.1, -0.05) is 17.7 Å². The number of ether oxygens (including phenoxy) is 1. The van der Waals surface area contributed by atoms with Crippen LogP contribution >= 0.6 is 11.6 Å². The van der Waals surface area contributed by atoms with Crippen LogP contribution in [0.1, 0.15) is 46.2 Å². The minimum absolute atomic E-state index is 0.179.